The van der Waals surface area contributed by atoms with Crippen molar-refractivity contribution >= 4 is 33.2 Å². The highest BCUT2D eigenvalue weighted by Crippen LogP contribution is 2.47. The van der Waals surface area contributed by atoms with Crippen molar-refractivity contribution in [2.45, 2.75) is 30.0 Å². The summed E-state index contributed by atoms with van der Waals surface area (Å²) >= 11 is 6.69. The molecule has 0 radical (unpaired) electrons. The van der Waals surface area contributed by atoms with Crippen LogP contribution in [0.25, 0.3) is 0 Å². The molecule has 0 aromatic heterocycles. The first kappa shape index (κ1) is 18.9. The number of hydrogen-bond donors (Lipinski definition) is 1. The molecule has 1 heterocycles. The van der Waals surface area contributed by atoms with Crippen LogP contribution in [-0.4, -0.2) is 27.9 Å². The summed E-state index contributed by atoms with van der Waals surface area (Å²) in [4.78, 5) is 13.2. The summed E-state index contributed by atoms with van der Waals surface area (Å²) in [6.45, 7) is 3.88. The highest BCUT2D eigenvalue weighted by Gasteiger charge is 2.48. The third-order valence-electron chi connectivity index (χ3n) is 4.74. The first-order chi connectivity index (χ1) is 12.2. The van der Waals surface area contributed by atoms with Crippen LogP contribution in [0.1, 0.15) is 23.1 Å². The second-order valence-corrected chi connectivity index (χ2v) is 9.01. The van der Waals surface area contributed by atoms with E-state index in [0.717, 1.165) is 22.4 Å². The zero-order valence-electron chi connectivity index (χ0n) is 14.9. The topological polar surface area (TPSA) is 66.5 Å². The Hall–Kier alpha value is -1.89. The number of carbonyl (C=O) groups excluding carboxylic acids is 1. The van der Waals surface area contributed by atoms with Gasteiger partial charge >= 0.3 is 0 Å². The molecule has 1 unspecified atom stereocenters. The molecule has 0 saturated carbocycles. The Balaban J connectivity index is 1.79. The number of benzene rings is 2. The molecule has 0 fully saturated rings. The number of rotatable bonds is 5. The number of amides is 1. The van der Waals surface area contributed by atoms with Crippen molar-refractivity contribution in [2.75, 3.05) is 18.5 Å². The second-order valence-electron chi connectivity index (χ2n) is 6.60. The average Bonchev–Trinajstić information content (AvgIpc) is 2.78. The summed E-state index contributed by atoms with van der Waals surface area (Å²) in [5.74, 6) is -0.238. The normalized spacial score (nSPS) is 19.7. The van der Waals surface area contributed by atoms with Gasteiger partial charge in [-0.1, -0.05) is 35.9 Å². The van der Waals surface area contributed by atoms with E-state index in [1.54, 1.807) is 36.2 Å². The Morgan fingerprint density at radius 3 is 2.42 bits per heavy atom. The number of sulfonamides is 1. The predicted octanol–water partition coefficient (Wildman–Crippen LogP) is 3.08. The van der Waals surface area contributed by atoms with Gasteiger partial charge < -0.3 is 4.90 Å². The molecule has 0 spiro atoms. The van der Waals surface area contributed by atoms with Crippen molar-refractivity contribution in [3.8, 4) is 0 Å². The number of nitrogens with zero attached hydrogens (tertiary/aromatic N) is 1. The summed E-state index contributed by atoms with van der Waals surface area (Å²) < 4.78 is 27.4. The third-order valence-corrected chi connectivity index (χ3v) is 6.77. The lowest BCUT2D eigenvalue weighted by atomic mass is 9.95. The standard InChI is InChI=1S/C19H21ClN2O3S/c1-13-7-9-15(10-8-13)26(24,25)21-12-11-19(20)16-6-4-5-14(2)17(16)22(3)18(19)23/h4-10,21H,11-12H2,1-3H3. The SMILES string of the molecule is Cc1ccc(S(=O)(=O)NCCC2(Cl)C(=O)N(C)c3c(C)cccc32)cc1. The summed E-state index contributed by atoms with van der Waals surface area (Å²) in [7, 11) is -1.96. The van der Waals surface area contributed by atoms with Crippen LogP contribution in [0, 0.1) is 13.8 Å². The van der Waals surface area contributed by atoms with Crippen LogP contribution in [-0.2, 0) is 19.7 Å². The average molecular weight is 393 g/mol. The van der Waals surface area contributed by atoms with Crippen LogP contribution >= 0.6 is 11.6 Å². The number of fused-ring (bicyclic) bond motifs is 1. The fourth-order valence-electron chi connectivity index (χ4n) is 3.31. The molecule has 1 N–H and O–H groups in total. The maximum atomic E-state index is 12.7. The zero-order chi connectivity index (χ0) is 19.1. The van der Waals surface area contributed by atoms with E-state index < -0.39 is 14.9 Å². The number of alkyl halides is 1. The Morgan fingerprint density at radius 2 is 1.77 bits per heavy atom. The van der Waals surface area contributed by atoms with Gasteiger partial charge in [0.05, 0.1) is 10.6 Å². The third kappa shape index (κ3) is 3.13. The lowest BCUT2D eigenvalue weighted by Gasteiger charge is -2.21. The summed E-state index contributed by atoms with van der Waals surface area (Å²) in [5.41, 5.74) is 3.46. The van der Waals surface area contributed by atoms with Gasteiger partial charge in [-0.3, -0.25) is 4.79 Å². The van der Waals surface area contributed by atoms with Crippen molar-refractivity contribution in [1.82, 2.24) is 4.72 Å². The number of carbonyl (C=O) groups is 1. The molecule has 0 bridgehead atoms. The highest BCUT2D eigenvalue weighted by atomic mass is 35.5. The molecule has 7 heteroatoms. The van der Waals surface area contributed by atoms with Crippen LogP contribution < -0.4 is 9.62 Å². The summed E-state index contributed by atoms with van der Waals surface area (Å²) in [6, 6.07) is 12.2. The molecule has 0 aliphatic carbocycles. The fraction of sp³-hybridized carbons (Fsp3) is 0.316. The van der Waals surface area contributed by atoms with E-state index in [1.807, 2.05) is 32.0 Å². The van der Waals surface area contributed by atoms with Gasteiger partial charge in [-0.2, -0.15) is 0 Å². The van der Waals surface area contributed by atoms with Crippen molar-refractivity contribution in [1.29, 1.82) is 0 Å². The van der Waals surface area contributed by atoms with Crippen LogP contribution in [0.15, 0.2) is 47.4 Å². The van der Waals surface area contributed by atoms with E-state index in [0.29, 0.717) is 0 Å². The molecule has 2 aromatic rings. The number of hydrogen-bond acceptors (Lipinski definition) is 3. The van der Waals surface area contributed by atoms with Crippen LogP contribution in [0.5, 0.6) is 0 Å². The first-order valence-electron chi connectivity index (χ1n) is 8.30. The number of likely N-dealkylation sites (N-methyl/N-ethyl adjacent to an activating group) is 1. The van der Waals surface area contributed by atoms with Crippen LogP contribution in [0.4, 0.5) is 5.69 Å². The van der Waals surface area contributed by atoms with Gasteiger partial charge in [-0.25, -0.2) is 13.1 Å². The molecular weight excluding hydrogens is 372 g/mol. The van der Waals surface area contributed by atoms with Crippen molar-refractivity contribution in [2.24, 2.45) is 0 Å². The van der Waals surface area contributed by atoms with Gasteiger partial charge in [-0.15, -0.1) is 11.6 Å². The lowest BCUT2D eigenvalue weighted by molar-refractivity contribution is -0.120. The predicted molar refractivity (Wildman–Crippen MR) is 103 cm³/mol. The Morgan fingerprint density at radius 1 is 1.12 bits per heavy atom. The monoisotopic (exact) mass is 392 g/mol. The molecule has 1 amide bonds. The molecule has 26 heavy (non-hydrogen) atoms. The fourth-order valence-corrected chi connectivity index (χ4v) is 4.71. The van der Waals surface area contributed by atoms with E-state index in [4.69, 9.17) is 11.6 Å². The molecule has 5 nitrogen and oxygen atoms in total. The smallest absolute Gasteiger partial charge is 0.252 e. The Bertz CT molecular complexity index is 957. The lowest BCUT2D eigenvalue weighted by Crippen LogP contribution is -2.37. The van der Waals surface area contributed by atoms with E-state index >= 15 is 0 Å². The molecule has 138 valence electrons. The Kier molecular flexibility index (Phi) is 4.86. The largest absolute Gasteiger partial charge is 0.313 e. The number of nitrogens with one attached hydrogen (secondary N) is 1. The van der Waals surface area contributed by atoms with Gasteiger partial charge in [0.25, 0.3) is 5.91 Å². The molecule has 2 aromatic carbocycles. The number of aryl methyl sites for hydroxylation is 2. The number of anilines is 1. The molecule has 1 aliphatic heterocycles. The quantitative estimate of drug-likeness (QED) is 0.795. The molecule has 0 saturated heterocycles. The van der Waals surface area contributed by atoms with Crippen molar-refractivity contribution in [3.05, 3.63) is 59.2 Å². The van der Waals surface area contributed by atoms with Crippen LogP contribution in [0.3, 0.4) is 0 Å². The number of halogens is 1. The van der Waals surface area contributed by atoms with E-state index in [-0.39, 0.29) is 23.8 Å². The van der Waals surface area contributed by atoms with Gasteiger partial charge in [0.2, 0.25) is 10.0 Å². The minimum Gasteiger partial charge on any atom is -0.313 e. The van der Waals surface area contributed by atoms with Gasteiger partial charge in [0, 0.05) is 19.2 Å². The van der Waals surface area contributed by atoms with Crippen LogP contribution in [0.2, 0.25) is 0 Å². The molecule has 1 aliphatic rings. The van der Waals surface area contributed by atoms with Gasteiger partial charge in [0.1, 0.15) is 0 Å². The minimum absolute atomic E-state index is 0.0622. The molecular formula is C19H21ClN2O3S. The Labute approximate surface area is 159 Å². The summed E-state index contributed by atoms with van der Waals surface area (Å²) in [6.07, 6.45) is 0.166. The highest BCUT2D eigenvalue weighted by molar-refractivity contribution is 7.89. The minimum atomic E-state index is -3.65. The number of para-hydroxylation sites is 1. The van der Waals surface area contributed by atoms with E-state index in [1.165, 1.54) is 0 Å². The summed E-state index contributed by atoms with van der Waals surface area (Å²) in [5, 5.41) is 0. The molecule has 1 atom stereocenters. The van der Waals surface area contributed by atoms with Gasteiger partial charge in [0.15, 0.2) is 4.87 Å². The van der Waals surface area contributed by atoms with E-state index in [9.17, 15) is 13.2 Å². The maximum Gasteiger partial charge on any atom is 0.252 e. The first-order valence-corrected chi connectivity index (χ1v) is 10.2. The maximum absolute atomic E-state index is 12.7. The van der Waals surface area contributed by atoms with E-state index in [2.05, 4.69) is 4.72 Å². The molecule has 3 rings (SSSR count). The van der Waals surface area contributed by atoms with Crippen molar-refractivity contribution < 1.29 is 13.2 Å². The zero-order valence-corrected chi connectivity index (χ0v) is 16.5. The second kappa shape index (κ2) is 6.68. The van der Waals surface area contributed by atoms with Gasteiger partial charge in [-0.05, 0) is 38.0 Å². The van der Waals surface area contributed by atoms with Crippen molar-refractivity contribution in [3.63, 3.8) is 0 Å².